The number of aliphatic hydroxyl groups is 1. The summed E-state index contributed by atoms with van der Waals surface area (Å²) >= 11 is 1.46. The van der Waals surface area contributed by atoms with E-state index in [4.69, 9.17) is 9.47 Å². The zero-order chi connectivity index (χ0) is 63.3. The van der Waals surface area contributed by atoms with Crippen molar-refractivity contribution in [3.05, 3.63) is 200 Å². The maximum atomic E-state index is 15.5. The van der Waals surface area contributed by atoms with E-state index in [0.29, 0.717) is 34.5 Å². The van der Waals surface area contributed by atoms with Crippen LogP contribution in [0.4, 0.5) is 57.4 Å². The number of benzene rings is 3. The fourth-order valence-electron chi connectivity index (χ4n) is 11.4. The number of hydrogen-bond donors (Lipinski definition) is 1. The van der Waals surface area contributed by atoms with Crippen LogP contribution in [0.15, 0.2) is 120 Å². The second kappa shape index (κ2) is 30.7. The minimum atomic E-state index is -4.03. The van der Waals surface area contributed by atoms with Gasteiger partial charge in [-0.2, -0.15) is 26.3 Å². The first-order chi connectivity index (χ1) is 41.9. The summed E-state index contributed by atoms with van der Waals surface area (Å²) in [5, 5.41) is 21.2. The second-order valence-corrected chi connectivity index (χ2v) is 38.8. The Kier molecular flexibility index (Phi) is 25.1. The number of pyridine rings is 3. The van der Waals surface area contributed by atoms with Crippen LogP contribution >= 0.6 is 15.9 Å². The average molecular weight is 1460 g/mol. The van der Waals surface area contributed by atoms with E-state index in [1.807, 2.05) is 0 Å². The van der Waals surface area contributed by atoms with E-state index >= 15 is 8.78 Å². The largest absolute Gasteiger partial charge is 0.377 e. The molecule has 1 N–H and O–H groups in total. The Hall–Kier alpha value is -5.57. The van der Waals surface area contributed by atoms with Gasteiger partial charge in [-0.1, -0.05) is 27.0 Å². The van der Waals surface area contributed by atoms with Crippen molar-refractivity contribution < 1.29 is 72.0 Å². The fourth-order valence-corrected chi connectivity index (χ4v) is 30.3. The van der Waals surface area contributed by atoms with Crippen LogP contribution in [0.25, 0.3) is 0 Å². The van der Waals surface area contributed by atoms with E-state index in [1.165, 1.54) is 60.0 Å². The fraction of sp³-hybridized carbons (Fsp3) is 0.485. The minimum absolute atomic E-state index is 0. The van der Waals surface area contributed by atoms with Crippen LogP contribution in [0.2, 0.25) is 17.2 Å². The molecule has 3 aliphatic carbocycles. The van der Waals surface area contributed by atoms with Gasteiger partial charge in [0.25, 0.3) is 0 Å². The van der Waals surface area contributed by atoms with Gasteiger partial charge in [0.15, 0.2) is 16.8 Å². The number of hydrogen-bond acceptors (Lipinski definition) is 9. The molecular formula is C66H77BrF13N7O3Sn. The van der Waals surface area contributed by atoms with E-state index in [9.17, 15) is 49.0 Å². The molecule has 496 valence electrons. The Morgan fingerprint density at radius 1 is 0.571 bits per heavy atom. The molecule has 4 aromatic heterocycles. The smallest absolute Gasteiger partial charge is 0.324 e. The van der Waals surface area contributed by atoms with Crippen LogP contribution in [-0.4, -0.2) is 71.9 Å². The summed E-state index contributed by atoms with van der Waals surface area (Å²) in [6, 6.07) is 15.1. The van der Waals surface area contributed by atoms with E-state index in [1.54, 1.807) is 51.5 Å². The molecule has 3 saturated carbocycles. The molecule has 3 aromatic carbocycles. The van der Waals surface area contributed by atoms with Gasteiger partial charge >= 0.3 is 126 Å². The Morgan fingerprint density at radius 2 is 0.989 bits per heavy atom. The maximum Gasteiger partial charge on any atom is 0.324 e. The molecule has 3 atom stereocenters. The Bertz CT molecular complexity index is 3430. The van der Waals surface area contributed by atoms with E-state index in [2.05, 4.69) is 67.2 Å². The molecule has 0 spiro atoms. The maximum absolute atomic E-state index is 15.5. The van der Waals surface area contributed by atoms with Gasteiger partial charge in [0.2, 0.25) is 0 Å². The van der Waals surface area contributed by atoms with Crippen molar-refractivity contribution in [2.45, 2.75) is 183 Å². The van der Waals surface area contributed by atoms with Gasteiger partial charge < -0.3 is 14.6 Å². The molecule has 10 nitrogen and oxygen atoms in total. The minimum Gasteiger partial charge on any atom is -0.377 e. The number of nitrogens with zero attached hydrogens (tertiary/aromatic N) is 7. The molecule has 3 unspecified atom stereocenters. The summed E-state index contributed by atoms with van der Waals surface area (Å²) in [4.78, 5) is 11.3. The van der Waals surface area contributed by atoms with Gasteiger partial charge in [-0.15, -0.1) is 5.10 Å². The van der Waals surface area contributed by atoms with Crippen molar-refractivity contribution in [2.24, 2.45) is 0 Å². The molecule has 2 aliphatic heterocycles. The van der Waals surface area contributed by atoms with Crippen molar-refractivity contribution >= 4 is 34.3 Å². The molecule has 0 radical (unpaired) electrons. The number of halogens is 14. The first-order valence-corrected chi connectivity index (χ1v) is 38.2. The van der Waals surface area contributed by atoms with E-state index in [-0.39, 0.29) is 43.9 Å². The third-order valence-corrected chi connectivity index (χ3v) is 35.8. The topological polar surface area (TPSA) is 128 Å². The SMILES string of the molecule is C.C.CCC[CH2][Sn]([CH2]CCC)([CH2]CCC)[CH]1CC1.F.Fc1ccc(C2(C(F)(F)c3ccc(Br)cn3)CO2)c(F)c1.Fc1ccc(C2(C(F)(F)c3ccc(C4CC4)cn3)CO2)c(F)c1.OC(Cn1cnnn1)(c1ccc(F)cc1F)C(F)(F)c1ccc(C2CC2)cn1. The number of aromatic nitrogens is 7. The molecule has 5 aliphatic rings. The summed E-state index contributed by atoms with van der Waals surface area (Å²) < 4.78 is 189. The number of unbranched alkanes of at least 4 members (excludes halogenated alkanes) is 3. The van der Waals surface area contributed by atoms with Crippen molar-refractivity contribution in [3.63, 3.8) is 0 Å². The number of tetrazole rings is 1. The van der Waals surface area contributed by atoms with E-state index < -0.39 is 117 Å². The number of alkyl halides is 6. The molecule has 0 amide bonds. The molecule has 2 saturated heterocycles. The molecule has 7 aromatic rings. The summed E-state index contributed by atoms with van der Waals surface area (Å²) in [6.07, 6.45) is 21.3. The third-order valence-electron chi connectivity index (χ3n) is 17.2. The normalized spacial score (nSPS) is 19.0. The molecular weight excluding hydrogens is 1380 g/mol. The molecule has 12 rings (SSSR count). The Balaban J connectivity index is 0.000000194. The van der Waals surface area contributed by atoms with Crippen molar-refractivity contribution in [1.82, 2.24) is 35.2 Å². The van der Waals surface area contributed by atoms with Crippen LogP contribution in [0.5, 0.6) is 0 Å². The van der Waals surface area contributed by atoms with Crippen LogP contribution in [0.1, 0.15) is 169 Å². The Labute approximate surface area is 534 Å². The van der Waals surface area contributed by atoms with Crippen LogP contribution < -0.4 is 0 Å². The van der Waals surface area contributed by atoms with Gasteiger partial charge in [0, 0.05) is 58.0 Å². The predicted molar refractivity (Wildman–Crippen MR) is 326 cm³/mol. The molecule has 5 fully saturated rings. The summed E-state index contributed by atoms with van der Waals surface area (Å²) in [7, 11) is 0. The van der Waals surface area contributed by atoms with Crippen LogP contribution in [0.3, 0.4) is 0 Å². The van der Waals surface area contributed by atoms with E-state index in [0.717, 1.165) is 96.4 Å². The van der Waals surface area contributed by atoms with Crippen molar-refractivity contribution in [1.29, 1.82) is 0 Å². The third kappa shape index (κ3) is 16.5. The summed E-state index contributed by atoms with van der Waals surface area (Å²) in [5.74, 6) is -16.4. The molecule has 6 heterocycles. The average Bonchev–Trinajstić information content (AvgIpc) is 1.56. The monoisotopic (exact) mass is 1460 g/mol. The van der Waals surface area contributed by atoms with Gasteiger partial charge in [0.1, 0.15) is 58.3 Å². The second-order valence-electron chi connectivity index (χ2n) is 23.5. The van der Waals surface area contributed by atoms with Gasteiger partial charge in [-0.3, -0.25) is 19.7 Å². The molecule has 91 heavy (non-hydrogen) atoms. The number of rotatable bonds is 23. The van der Waals surface area contributed by atoms with Gasteiger partial charge in [0.05, 0.1) is 19.8 Å². The zero-order valence-electron chi connectivity index (χ0n) is 49.1. The molecule has 0 bridgehead atoms. The van der Waals surface area contributed by atoms with Crippen LogP contribution in [0, 0.1) is 34.9 Å². The van der Waals surface area contributed by atoms with Crippen LogP contribution in [-0.2, 0) is 50.6 Å². The van der Waals surface area contributed by atoms with Crippen molar-refractivity contribution in [2.75, 3.05) is 13.2 Å². The van der Waals surface area contributed by atoms with Gasteiger partial charge in [-0.25, -0.2) is 31.0 Å². The standard InChI is InChI=1S/C18H15F4N5O.C17H13F4NO.C14H8BrF4NO.3C4H9.C3H5.2CH4.FH.Sn/c19-13-4-5-14(15(20)7-13)17(28,9-27-10-24-25-26-27)18(21,22)16-6-3-12(8-23-16)11-1-2-11;18-12-4-5-13(14(19)7-12)16(9-23-16)17(20,21)15-6-3-11(8-22-15)10-1-2-10;15-8-1-4-12(20-6-8)14(18,19)13(7-21-13)10-3-2-9(16)5-11(10)17;3*1-3-4-2;1-2-3-1;;;;/h3-8,10-11,28H,1-2,9H2;3-8,10H,1-2,9H2;1-6H,7H2;3*1,3-4H2,2H3;1H,2-3H2;2*1H4;1H;. The predicted octanol–water partition coefficient (Wildman–Crippen LogP) is 18.7. The quantitative estimate of drug-likeness (QED) is 0.0378. The summed E-state index contributed by atoms with van der Waals surface area (Å²) in [5.41, 5.74) is -8.86. The Morgan fingerprint density at radius 3 is 1.33 bits per heavy atom. The van der Waals surface area contributed by atoms with Crippen molar-refractivity contribution in [3.8, 4) is 0 Å². The molecule has 25 heteroatoms. The number of epoxide rings is 2. The summed E-state index contributed by atoms with van der Waals surface area (Å²) in [6.45, 7) is 5.56. The van der Waals surface area contributed by atoms with Gasteiger partial charge in [-0.05, 0) is 136 Å². The first kappa shape index (κ1) is 74.5. The zero-order valence-corrected chi connectivity index (χ0v) is 53.6. The first-order valence-electron chi connectivity index (χ1n) is 29.7. The number of ether oxygens (including phenoxy) is 2.